The summed E-state index contributed by atoms with van der Waals surface area (Å²) in [7, 11) is 0. The molecule has 2 N–H and O–H groups in total. The number of rotatable bonds is 6. The molecule has 0 saturated heterocycles. The maximum Gasteiger partial charge on any atom is 0.114 e. The first-order valence-corrected chi connectivity index (χ1v) is 6.89. The van der Waals surface area contributed by atoms with Crippen molar-refractivity contribution in [2.75, 3.05) is 6.54 Å². The third-order valence-electron chi connectivity index (χ3n) is 3.14. The molecule has 2 unspecified atom stereocenters. The molecule has 21 heavy (non-hydrogen) atoms. The van der Waals surface area contributed by atoms with Crippen LogP contribution in [0.3, 0.4) is 0 Å². The van der Waals surface area contributed by atoms with Crippen LogP contribution in [-0.4, -0.2) is 17.7 Å². The minimum absolute atomic E-state index is 0.335. The molecule has 2 atom stereocenters. The molecule has 3 nitrogen and oxygen atoms in total. The number of nitriles is 1. The van der Waals surface area contributed by atoms with E-state index in [1.807, 2.05) is 66.7 Å². The predicted octanol–water partition coefficient (Wildman–Crippen LogP) is 2.92. The van der Waals surface area contributed by atoms with E-state index >= 15 is 0 Å². The Morgan fingerprint density at radius 1 is 1.05 bits per heavy atom. The van der Waals surface area contributed by atoms with Crippen LogP contribution in [0.5, 0.6) is 0 Å². The Balaban J connectivity index is 1.89. The Labute approximate surface area is 125 Å². The van der Waals surface area contributed by atoms with Gasteiger partial charge < -0.3 is 5.11 Å². The fourth-order valence-corrected chi connectivity index (χ4v) is 1.96. The first kappa shape index (κ1) is 15.0. The number of benzene rings is 2. The second-order valence-corrected chi connectivity index (χ2v) is 4.71. The molecule has 3 heteroatoms. The molecule has 0 spiro atoms. The van der Waals surface area contributed by atoms with Crippen molar-refractivity contribution in [3.05, 3.63) is 77.9 Å². The summed E-state index contributed by atoms with van der Waals surface area (Å²) in [6.07, 6.45) is 3.08. The zero-order chi connectivity index (χ0) is 14.9. The van der Waals surface area contributed by atoms with Crippen molar-refractivity contribution in [1.29, 1.82) is 5.26 Å². The van der Waals surface area contributed by atoms with E-state index in [1.165, 1.54) is 0 Å². The molecule has 2 aromatic rings. The summed E-state index contributed by atoms with van der Waals surface area (Å²) in [5.41, 5.74) is 1.89. The van der Waals surface area contributed by atoms with Crippen LogP contribution in [0.25, 0.3) is 6.08 Å². The van der Waals surface area contributed by atoms with Crippen molar-refractivity contribution < 1.29 is 5.11 Å². The largest absolute Gasteiger partial charge is 0.387 e. The van der Waals surface area contributed by atoms with Gasteiger partial charge in [0.25, 0.3) is 0 Å². The summed E-state index contributed by atoms with van der Waals surface area (Å²) >= 11 is 0. The van der Waals surface area contributed by atoms with Gasteiger partial charge in [0.2, 0.25) is 0 Å². The molecule has 2 rings (SSSR count). The Morgan fingerprint density at radius 2 is 1.67 bits per heavy atom. The zero-order valence-corrected chi connectivity index (χ0v) is 11.7. The first-order valence-electron chi connectivity index (χ1n) is 6.89. The number of aliphatic hydroxyl groups excluding tert-OH is 1. The summed E-state index contributed by atoms with van der Waals surface area (Å²) in [5.74, 6) is 0. The lowest BCUT2D eigenvalue weighted by molar-refractivity contribution is 0.174. The Bertz CT molecular complexity index is 602. The molecular weight excluding hydrogens is 260 g/mol. The molecule has 0 radical (unpaired) electrons. The highest BCUT2D eigenvalue weighted by atomic mass is 16.3. The molecule has 0 aromatic heterocycles. The van der Waals surface area contributed by atoms with Crippen LogP contribution in [0.4, 0.5) is 0 Å². The quantitative estimate of drug-likeness (QED) is 0.854. The van der Waals surface area contributed by atoms with Crippen molar-refractivity contribution in [1.82, 2.24) is 5.32 Å². The van der Waals surface area contributed by atoms with E-state index in [0.717, 1.165) is 11.1 Å². The Hall–Kier alpha value is -2.41. The van der Waals surface area contributed by atoms with Crippen LogP contribution in [0.15, 0.2) is 66.7 Å². The Morgan fingerprint density at radius 3 is 2.29 bits per heavy atom. The van der Waals surface area contributed by atoms with Crippen molar-refractivity contribution >= 4 is 6.08 Å². The smallest absolute Gasteiger partial charge is 0.114 e. The molecule has 106 valence electrons. The fraction of sp³-hybridized carbons (Fsp3) is 0.167. The maximum atomic E-state index is 10.1. The minimum Gasteiger partial charge on any atom is -0.387 e. The number of nitrogens with zero attached hydrogens (tertiary/aromatic N) is 1. The highest BCUT2D eigenvalue weighted by molar-refractivity contribution is 5.50. The van der Waals surface area contributed by atoms with Crippen LogP contribution in [0.1, 0.15) is 17.2 Å². The first-order chi connectivity index (χ1) is 10.3. The molecule has 0 aliphatic rings. The molecule has 0 bridgehead atoms. The van der Waals surface area contributed by atoms with Gasteiger partial charge in [-0.25, -0.2) is 0 Å². The zero-order valence-electron chi connectivity index (χ0n) is 11.7. The number of hydrogen-bond donors (Lipinski definition) is 2. The monoisotopic (exact) mass is 278 g/mol. The SMILES string of the molecule is N#CC(/C=C/c1ccccc1)NCC(O)c1ccccc1. The minimum atomic E-state index is -0.618. The van der Waals surface area contributed by atoms with Gasteiger partial charge in [0.05, 0.1) is 12.2 Å². The van der Waals surface area contributed by atoms with Gasteiger partial charge in [0.1, 0.15) is 6.04 Å². The van der Waals surface area contributed by atoms with Crippen molar-refractivity contribution in [2.24, 2.45) is 0 Å². The molecule has 0 aliphatic carbocycles. The second-order valence-electron chi connectivity index (χ2n) is 4.71. The number of aliphatic hydroxyl groups is 1. The van der Waals surface area contributed by atoms with Crippen LogP contribution in [0, 0.1) is 11.3 Å². The van der Waals surface area contributed by atoms with Crippen LogP contribution >= 0.6 is 0 Å². The molecule has 0 fully saturated rings. The molecule has 0 heterocycles. The number of nitrogens with one attached hydrogen (secondary N) is 1. The fourth-order valence-electron chi connectivity index (χ4n) is 1.96. The topological polar surface area (TPSA) is 56.0 Å². The summed E-state index contributed by atoms with van der Waals surface area (Å²) in [6.45, 7) is 0.335. The van der Waals surface area contributed by atoms with Crippen LogP contribution in [-0.2, 0) is 0 Å². The van der Waals surface area contributed by atoms with Gasteiger partial charge in [-0.15, -0.1) is 0 Å². The van der Waals surface area contributed by atoms with E-state index in [4.69, 9.17) is 5.26 Å². The summed E-state index contributed by atoms with van der Waals surface area (Å²) in [4.78, 5) is 0. The van der Waals surface area contributed by atoms with E-state index in [0.29, 0.717) is 6.54 Å². The average molecular weight is 278 g/mol. The van der Waals surface area contributed by atoms with Crippen molar-refractivity contribution in [2.45, 2.75) is 12.1 Å². The molecule has 0 aliphatic heterocycles. The highest BCUT2D eigenvalue weighted by Gasteiger charge is 2.09. The second kappa shape index (κ2) is 8.01. The molecule has 2 aromatic carbocycles. The summed E-state index contributed by atoms with van der Waals surface area (Å²) in [6, 6.07) is 21.0. The lowest BCUT2D eigenvalue weighted by Gasteiger charge is -2.13. The summed E-state index contributed by atoms with van der Waals surface area (Å²) < 4.78 is 0. The normalized spacial score (nSPS) is 13.7. The van der Waals surface area contributed by atoms with E-state index < -0.39 is 12.1 Å². The lowest BCUT2D eigenvalue weighted by Crippen LogP contribution is -2.30. The van der Waals surface area contributed by atoms with Crippen LogP contribution in [0.2, 0.25) is 0 Å². The third kappa shape index (κ3) is 4.88. The summed E-state index contributed by atoms with van der Waals surface area (Å²) in [5, 5.41) is 22.2. The molecular formula is C18H18N2O. The van der Waals surface area contributed by atoms with Gasteiger partial charge in [0, 0.05) is 6.54 Å². The molecule has 0 saturated carbocycles. The average Bonchev–Trinajstić information content (AvgIpc) is 2.56. The van der Waals surface area contributed by atoms with Gasteiger partial charge in [-0.05, 0) is 11.1 Å². The van der Waals surface area contributed by atoms with E-state index in [9.17, 15) is 5.11 Å². The van der Waals surface area contributed by atoms with Crippen LogP contribution < -0.4 is 5.32 Å². The van der Waals surface area contributed by atoms with E-state index in [1.54, 1.807) is 6.08 Å². The van der Waals surface area contributed by atoms with Crippen molar-refractivity contribution in [3.8, 4) is 6.07 Å². The van der Waals surface area contributed by atoms with Gasteiger partial charge in [-0.1, -0.05) is 72.8 Å². The van der Waals surface area contributed by atoms with Gasteiger partial charge in [0.15, 0.2) is 0 Å². The molecule has 0 amide bonds. The van der Waals surface area contributed by atoms with Gasteiger partial charge in [-0.3, -0.25) is 5.32 Å². The standard InChI is InChI=1S/C18H18N2O/c19-13-17(12-11-15-7-3-1-4-8-15)20-14-18(21)16-9-5-2-6-10-16/h1-12,17-18,20-21H,14H2/b12-11+. The Kier molecular flexibility index (Phi) is 5.71. The van der Waals surface area contributed by atoms with E-state index in [2.05, 4.69) is 11.4 Å². The van der Waals surface area contributed by atoms with E-state index in [-0.39, 0.29) is 0 Å². The highest BCUT2D eigenvalue weighted by Crippen LogP contribution is 2.11. The predicted molar refractivity (Wildman–Crippen MR) is 84.3 cm³/mol. The third-order valence-corrected chi connectivity index (χ3v) is 3.14. The van der Waals surface area contributed by atoms with Gasteiger partial charge >= 0.3 is 0 Å². The van der Waals surface area contributed by atoms with Gasteiger partial charge in [-0.2, -0.15) is 5.26 Å². The lowest BCUT2D eigenvalue weighted by atomic mass is 10.1. The van der Waals surface area contributed by atoms with Crippen molar-refractivity contribution in [3.63, 3.8) is 0 Å². The number of hydrogen-bond acceptors (Lipinski definition) is 3. The maximum absolute atomic E-state index is 10.1.